The Bertz CT molecular complexity index is 570. The Morgan fingerprint density at radius 1 is 1.38 bits per heavy atom. The van der Waals surface area contributed by atoms with Crippen LogP contribution in [0, 0.1) is 5.41 Å². The van der Waals surface area contributed by atoms with Crippen LogP contribution >= 0.6 is 11.8 Å². The molecule has 2 fully saturated rings. The van der Waals surface area contributed by atoms with Crippen LogP contribution in [0.25, 0.3) is 0 Å². The predicted octanol–water partition coefficient (Wildman–Crippen LogP) is 1.74. The minimum absolute atomic E-state index is 0.0748. The second-order valence-corrected chi connectivity index (χ2v) is 7.53. The maximum Gasteiger partial charge on any atom is 0.253 e. The van der Waals surface area contributed by atoms with Crippen molar-refractivity contribution in [2.75, 3.05) is 32.5 Å². The number of hydrogen-bond donors (Lipinski definition) is 2. The summed E-state index contributed by atoms with van der Waals surface area (Å²) in [5, 5.41) is 10.3. The van der Waals surface area contributed by atoms with Gasteiger partial charge in [0.2, 0.25) is 0 Å². The summed E-state index contributed by atoms with van der Waals surface area (Å²) in [6, 6.07) is 7.75. The van der Waals surface area contributed by atoms with Crippen LogP contribution in [0.4, 0.5) is 0 Å². The van der Waals surface area contributed by atoms with Gasteiger partial charge < -0.3 is 20.5 Å². The third-order valence-electron chi connectivity index (χ3n) is 5.50. The molecule has 24 heavy (non-hydrogen) atoms. The van der Waals surface area contributed by atoms with Crippen molar-refractivity contribution in [1.29, 1.82) is 0 Å². The van der Waals surface area contributed by atoms with Crippen LogP contribution in [-0.4, -0.2) is 60.6 Å². The quantitative estimate of drug-likeness (QED) is 0.791. The number of nitrogens with two attached hydrogens (primary N) is 1. The Morgan fingerprint density at radius 2 is 2.04 bits per heavy atom. The van der Waals surface area contributed by atoms with E-state index >= 15 is 0 Å². The van der Waals surface area contributed by atoms with Gasteiger partial charge in [0.15, 0.2) is 0 Å². The largest absolute Gasteiger partial charge is 0.392 e. The van der Waals surface area contributed by atoms with E-state index in [1.807, 2.05) is 35.4 Å². The lowest BCUT2D eigenvalue weighted by atomic mass is 9.58. The second-order valence-electron chi connectivity index (χ2n) is 6.65. The lowest BCUT2D eigenvalue weighted by Crippen LogP contribution is -2.62. The minimum Gasteiger partial charge on any atom is -0.392 e. The van der Waals surface area contributed by atoms with E-state index in [1.165, 1.54) is 0 Å². The maximum absolute atomic E-state index is 12.7. The summed E-state index contributed by atoms with van der Waals surface area (Å²) < 4.78 is 5.81. The highest BCUT2D eigenvalue weighted by molar-refractivity contribution is 7.98. The number of benzene rings is 1. The third-order valence-corrected chi connectivity index (χ3v) is 6.24. The molecule has 1 saturated carbocycles. The number of piperidine rings is 1. The number of rotatable bonds is 5. The molecule has 1 amide bonds. The highest BCUT2D eigenvalue weighted by atomic mass is 32.2. The smallest absolute Gasteiger partial charge is 0.253 e. The number of hydrogen-bond acceptors (Lipinski definition) is 5. The minimum atomic E-state index is -0.321. The Labute approximate surface area is 147 Å². The molecule has 1 aromatic carbocycles. The molecule has 0 unspecified atom stereocenters. The monoisotopic (exact) mass is 350 g/mol. The summed E-state index contributed by atoms with van der Waals surface area (Å²) in [7, 11) is 0. The van der Waals surface area contributed by atoms with E-state index in [1.54, 1.807) is 11.8 Å². The van der Waals surface area contributed by atoms with Gasteiger partial charge in [-0.2, -0.15) is 0 Å². The Balaban J connectivity index is 1.60. The van der Waals surface area contributed by atoms with Crippen molar-refractivity contribution < 1.29 is 14.6 Å². The summed E-state index contributed by atoms with van der Waals surface area (Å²) >= 11 is 1.67. The third kappa shape index (κ3) is 3.20. The van der Waals surface area contributed by atoms with Gasteiger partial charge in [-0.05, 0) is 43.4 Å². The summed E-state index contributed by atoms with van der Waals surface area (Å²) in [5.74, 6) is 0.0748. The van der Waals surface area contributed by atoms with Crippen LogP contribution in [0.5, 0.6) is 0 Å². The predicted molar refractivity (Wildman–Crippen MR) is 95.2 cm³/mol. The van der Waals surface area contributed by atoms with Crippen molar-refractivity contribution in [3.63, 3.8) is 0 Å². The fraction of sp³-hybridized carbons (Fsp3) is 0.611. The maximum atomic E-state index is 12.7. The molecule has 3 N–H and O–H groups in total. The van der Waals surface area contributed by atoms with Crippen LogP contribution in [0.3, 0.4) is 0 Å². The van der Waals surface area contributed by atoms with Crippen LogP contribution in [-0.2, 0) is 4.74 Å². The first-order valence-corrected chi connectivity index (χ1v) is 9.76. The highest BCUT2D eigenvalue weighted by Crippen LogP contribution is 2.51. The second kappa shape index (κ2) is 7.44. The van der Waals surface area contributed by atoms with Gasteiger partial charge in [0.05, 0.1) is 18.8 Å². The molecule has 0 bridgehead atoms. The number of thioether (sulfide) groups is 1. The highest BCUT2D eigenvalue weighted by Gasteiger charge is 2.56. The van der Waals surface area contributed by atoms with Crippen molar-refractivity contribution in [2.45, 2.75) is 36.4 Å². The number of carbonyl (C=O) groups excluding carboxylic acids is 1. The molecule has 1 aliphatic heterocycles. The van der Waals surface area contributed by atoms with Crippen molar-refractivity contribution in [1.82, 2.24) is 4.90 Å². The van der Waals surface area contributed by atoms with Gasteiger partial charge in [0.1, 0.15) is 0 Å². The zero-order chi connectivity index (χ0) is 17.2. The molecular weight excluding hydrogens is 324 g/mol. The van der Waals surface area contributed by atoms with Crippen LogP contribution < -0.4 is 5.73 Å². The molecule has 6 heteroatoms. The van der Waals surface area contributed by atoms with Crippen LogP contribution in [0.15, 0.2) is 29.2 Å². The molecule has 5 nitrogen and oxygen atoms in total. The summed E-state index contributed by atoms with van der Waals surface area (Å²) in [5.41, 5.74) is 6.06. The number of likely N-dealkylation sites (tertiary alicyclic amines) is 1. The van der Waals surface area contributed by atoms with Crippen molar-refractivity contribution in [2.24, 2.45) is 11.1 Å². The lowest BCUT2D eigenvalue weighted by molar-refractivity contribution is -0.207. The van der Waals surface area contributed by atoms with Crippen LogP contribution in [0.1, 0.15) is 29.6 Å². The van der Waals surface area contributed by atoms with Gasteiger partial charge in [-0.15, -0.1) is 11.8 Å². The van der Waals surface area contributed by atoms with E-state index in [0.29, 0.717) is 32.7 Å². The van der Waals surface area contributed by atoms with Gasteiger partial charge in [-0.25, -0.2) is 0 Å². The Morgan fingerprint density at radius 3 is 2.58 bits per heavy atom. The number of amides is 1. The van der Waals surface area contributed by atoms with Gasteiger partial charge in [0.25, 0.3) is 5.91 Å². The number of aliphatic hydroxyl groups is 1. The lowest BCUT2D eigenvalue weighted by Gasteiger charge is -2.56. The van der Waals surface area contributed by atoms with Gasteiger partial charge in [-0.1, -0.05) is 0 Å². The molecule has 1 spiro atoms. The summed E-state index contributed by atoms with van der Waals surface area (Å²) in [6.45, 7) is 2.37. The van der Waals surface area contributed by atoms with Crippen molar-refractivity contribution in [3.8, 4) is 0 Å². The molecule has 2 aliphatic rings. The number of ether oxygens (including phenoxy) is 1. The molecule has 0 radical (unpaired) electrons. The zero-order valence-electron chi connectivity index (χ0n) is 14.1. The number of aliphatic hydroxyl groups excluding tert-OH is 1. The van der Waals surface area contributed by atoms with E-state index in [-0.39, 0.29) is 23.5 Å². The molecule has 3 rings (SSSR count). The average molecular weight is 350 g/mol. The van der Waals surface area contributed by atoms with E-state index in [9.17, 15) is 9.90 Å². The first-order valence-electron chi connectivity index (χ1n) is 8.54. The van der Waals surface area contributed by atoms with Gasteiger partial charge in [0, 0.05) is 41.9 Å². The van der Waals surface area contributed by atoms with Crippen molar-refractivity contribution >= 4 is 17.7 Å². The number of nitrogens with zero attached hydrogens (tertiary/aromatic N) is 1. The zero-order valence-corrected chi connectivity index (χ0v) is 14.9. The molecule has 1 saturated heterocycles. The van der Waals surface area contributed by atoms with Gasteiger partial charge >= 0.3 is 0 Å². The molecular formula is C18H26N2O3S. The molecule has 1 heterocycles. The van der Waals surface area contributed by atoms with Crippen LogP contribution in [0.2, 0.25) is 0 Å². The topological polar surface area (TPSA) is 75.8 Å². The normalized spacial score (nSPS) is 25.5. The SMILES string of the molecule is CSc1ccc(C(=O)N2CCC3(CC2)[C@@H](O)C[C@H]3OCCN)cc1. The fourth-order valence-corrected chi connectivity index (χ4v) is 4.28. The van der Waals surface area contributed by atoms with Gasteiger partial charge in [-0.3, -0.25) is 4.79 Å². The standard InChI is InChI=1S/C18H26N2O3S/c1-24-14-4-2-13(3-5-14)17(22)20-9-6-18(7-10-20)15(21)12-16(18)23-11-8-19/h2-5,15-16,21H,6-12,19H2,1H3/t15-,16+/m0/s1. The fourth-order valence-electron chi connectivity index (χ4n) is 3.87. The molecule has 2 atom stereocenters. The Hall–Kier alpha value is -1.08. The van der Waals surface area contributed by atoms with E-state index < -0.39 is 0 Å². The molecule has 1 aromatic rings. The summed E-state index contributed by atoms with van der Waals surface area (Å²) in [4.78, 5) is 15.7. The summed E-state index contributed by atoms with van der Waals surface area (Å²) in [6.07, 6.45) is 4.04. The van der Waals surface area contributed by atoms with E-state index in [0.717, 1.165) is 23.3 Å². The van der Waals surface area contributed by atoms with E-state index in [2.05, 4.69) is 0 Å². The first kappa shape index (κ1) is 17.7. The first-order chi connectivity index (χ1) is 11.6. The van der Waals surface area contributed by atoms with Crippen molar-refractivity contribution in [3.05, 3.63) is 29.8 Å². The van der Waals surface area contributed by atoms with E-state index in [4.69, 9.17) is 10.5 Å². The number of carbonyl (C=O) groups is 1. The molecule has 1 aliphatic carbocycles. The molecule has 132 valence electrons. The Kier molecular flexibility index (Phi) is 5.49. The molecule has 0 aromatic heterocycles. The average Bonchev–Trinajstić information content (AvgIpc) is 2.64.